The number of aromatic nitrogens is 1. The van der Waals surface area contributed by atoms with Crippen LogP contribution in [0.25, 0.3) is 0 Å². The van der Waals surface area contributed by atoms with Gasteiger partial charge in [0.2, 0.25) is 0 Å². The highest BCUT2D eigenvalue weighted by Gasteiger charge is 2.14. The number of carbonyl (C=O) groups excluding carboxylic acids is 1. The summed E-state index contributed by atoms with van der Waals surface area (Å²) in [5.74, 6) is 0.360. The SMILES string of the molecule is CCC(C)C(C)NC(=O)c1ccnc(Cl)c1. The van der Waals surface area contributed by atoms with Gasteiger partial charge in [-0.2, -0.15) is 0 Å². The zero-order chi connectivity index (χ0) is 12.1. The van der Waals surface area contributed by atoms with Gasteiger partial charge in [-0.3, -0.25) is 4.79 Å². The van der Waals surface area contributed by atoms with Crippen LogP contribution in [0, 0.1) is 5.92 Å². The number of amides is 1. The molecule has 1 rings (SSSR count). The first-order valence-electron chi connectivity index (χ1n) is 5.47. The smallest absolute Gasteiger partial charge is 0.251 e. The van der Waals surface area contributed by atoms with E-state index in [4.69, 9.17) is 11.6 Å². The largest absolute Gasteiger partial charge is 0.349 e. The summed E-state index contributed by atoms with van der Waals surface area (Å²) in [4.78, 5) is 15.7. The summed E-state index contributed by atoms with van der Waals surface area (Å²) in [6, 6.07) is 3.38. The Morgan fingerprint density at radius 1 is 1.56 bits per heavy atom. The van der Waals surface area contributed by atoms with Crippen molar-refractivity contribution in [2.24, 2.45) is 5.92 Å². The van der Waals surface area contributed by atoms with Crippen molar-refractivity contribution < 1.29 is 4.79 Å². The zero-order valence-electron chi connectivity index (χ0n) is 9.83. The summed E-state index contributed by atoms with van der Waals surface area (Å²) in [5.41, 5.74) is 0.551. The van der Waals surface area contributed by atoms with Crippen molar-refractivity contribution in [3.05, 3.63) is 29.0 Å². The van der Waals surface area contributed by atoms with Crippen LogP contribution < -0.4 is 5.32 Å². The second-order valence-electron chi connectivity index (χ2n) is 4.01. The lowest BCUT2D eigenvalue weighted by molar-refractivity contribution is 0.0928. The molecule has 88 valence electrons. The highest BCUT2D eigenvalue weighted by Crippen LogP contribution is 2.10. The number of halogens is 1. The number of hydrogen-bond acceptors (Lipinski definition) is 2. The van der Waals surface area contributed by atoms with Crippen molar-refractivity contribution >= 4 is 17.5 Å². The fourth-order valence-electron chi connectivity index (χ4n) is 1.33. The first-order valence-corrected chi connectivity index (χ1v) is 5.84. The average Bonchev–Trinajstić information content (AvgIpc) is 2.27. The predicted molar refractivity (Wildman–Crippen MR) is 65.6 cm³/mol. The Morgan fingerprint density at radius 2 is 2.25 bits per heavy atom. The molecule has 0 aliphatic rings. The Hall–Kier alpha value is -1.09. The van der Waals surface area contributed by atoms with Crippen molar-refractivity contribution in [2.75, 3.05) is 0 Å². The van der Waals surface area contributed by atoms with Crippen molar-refractivity contribution in [3.63, 3.8) is 0 Å². The van der Waals surface area contributed by atoms with Crippen molar-refractivity contribution in [1.82, 2.24) is 10.3 Å². The fraction of sp³-hybridized carbons (Fsp3) is 0.500. The monoisotopic (exact) mass is 240 g/mol. The molecule has 0 aromatic carbocycles. The summed E-state index contributed by atoms with van der Waals surface area (Å²) >= 11 is 5.72. The molecule has 1 amide bonds. The standard InChI is InChI=1S/C12H17ClN2O/c1-4-8(2)9(3)15-12(16)10-5-6-14-11(13)7-10/h5-9H,4H2,1-3H3,(H,15,16). The molecule has 2 atom stereocenters. The molecule has 4 heteroatoms. The molecular formula is C12H17ClN2O. The third-order valence-electron chi connectivity index (χ3n) is 2.85. The maximum Gasteiger partial charge on any atom is 0.251 e. The van der Waals surface area contributed by atoms with E-state index in [9.17, 15) is 4.79 Å². The van der Waals surface area contributed by atoms with Gasteiger partial charge in [-0.1, -0.05) is 31.9 Å². The summed E-state index contributed by atoms with van der Waals surface area (Å²) in [6.07, 6.45) is 2.57. The molecule has 16 heavy (non-hydrogen) atoms. The van der Waals surface area contributed by atoms with Gasteiger partial charge < -0.3 is 5.32 Å². The molecule has 0 saturated carbocycles. The van der Waals surface area contributed by atoms with E-state index in [1.165, 1.54) is 6.20 Å². The van der Waals surface area contributed by atoms with Gasteiger partial charge in [-0.15, -0.1) is 0 Å². The van der Waals surface area contributed by atoms with Crippen LogP contribution in [0.15, 0.2) is 18.3 Å². The molecule has 0 fully saturated rings. The second-order valence-corrected chi connectivity index (χ2v) is 4.40. The number of nitrogens with one attached hydrogen (secondary N) is 1. The average molecular weight is 241 g/mol. The molecule has 1 heterocycles. The highest BCUT2D eigenvalue weighted by atomic mass is 35.5. The predicted octanol–water partition coefficient (Wildman–Crippen LogP) is 2.90. The van der Waals surface area contributed by atoms with E-state index < -0.39 is 0 Å². The van der Waals surface area contributed by atoms with Crippen LogP contribution in [0.3, 0.4) is 0 Å². The van der Waals surface area contributed by atoms with Crippen LogP contribution in [0.2, 0.25) is 5.15 Å². The van der Waals surface area contributed by atoms with Crippen LogP contribution in [-0.4, -0.2) is 16.9 Å². The van der Waals surface area contributed by atoms with E-state index in [0.29, 0.717) is 16.6 Å². The molecule has 2 unspecified atom stereocenters. The first kappa shape index (κ1) is 13.0. The van der Waals surface area contributed by atoms with E-state index in [0.717, 1.165) is 6.42 Å². The Kier molecular flexibility index (Phi) is 4.74. The lowest BCUT2D eigenvalue weighted by atomic mass is 10.0. The van der Waals surface area contributed by atoms with Crippen LogP contribution in [0.4, 0.5) is 0 Å². The molecule has 0 radical (unpaired) electrons. The van der Waals surface area contributed by atoms with E-state index in [1.807, 2.05) is 6.92 Å². The van der Waals surface area contributed by atoms with Crippen molar-refractivity contribution in [3.8, 4) is 0 Å². The van der Waals surface area contributed by atoms with Gasteiger partial charge in [0.1, 0.15) is 5.15 Å². The van der Waals surface area contributed by atoms with Gasteiger partial charge in [0, 0.05) is 17.8 Å². The molecule has 0 bridgehead atoms. The topological polar surface area (TPSA) is 42.0 Å². The van der Waals surface area contributed by atoms with Gasteiger partial charge >= 0.3 is 0 Å². The van der Waals surface area contributed by atoms with Gasteiger partial charge in [0.15, 0.2) is 0 Å². The lowest BCUT2D eigenvalue weighted by Gasteiger charge is -2.19. The molecule has 0 saturated heterocycles. The third kappa shape index (κ3) is 3.49. The maximum absolute atomic E-state index is 11.8. The number of nitrogens with zero attached hydrogens (tertiary/aromatic N) is 1. The minimum absolute atomic E-state index is 0.0999. The number of pyridine rings is 1. The molecule has 1 N–H and O–H groups in total. The number of carbonyl (C=O) groups is 1. The Bertz CT molecular complexity index is 368. The zero-order valence-corrected chi connectivity index (χ0v) is 10.6. The highest BCUT2D eigenvalue weighted by molar-refractivity contribution is 6.29. The summed E-state index contributed by atoms with van der Waals surface area (Å²) in [6.45, 7) is 6.23. The normalized spacial score (nSPS) is 14.2. The molecule has 3 nitrogen and oxygen atoms in total. The fourth-order valence-corrected chi connectivity index (χ4v) is 1.50. The van der Waals surface area contributed by atoms with E-state index in [-0.39, 0.29) is 11.9 Å². The molecule has 0 aliphatic heterocycles. The van der Waals surface area contributed by atoms with Gasteiger partial charge in [0.25, 0.3) is 5.91 Å². The van der Waals surface area contributed by atoms with Gasteiger partial charge in [-0.25, -0.2) is 4.98 Å². The Labute approximate surface area is 101 Å². The minimum atomic E-state index is -0.0999. The lowest BCUT2D eigenvalue weighted by Crippen LogP contribution is -2.36. The summed E-state index contributed by atoms with van der Waals surface area (Å²) in [5, 5.41) is 3.29. The quantitative estimate of drug-likeness (QED) is 0.823. The van der Waals surface area contributed by atoms with Crippen LogP contribution in [0.5, 0.6) is 0 Å². The van der Waals surface area contributed by atoms with E-state index in [1.54, 1.807) is 12.1 Å². The number of rotatable bonds is 4. The van der Waals surface area contributed by atoms with Gasteiger partial charge in [-0.05, 0) is 25.0 Å². The van der Waals surface area contributed by atoms with Gasteiger partial charge in [0.05, 0.1) is 0 Å². The maximum atomic E-state index is 11.8. The third-order valence-corrected chi connectivity index (χ3v) is 3.05. The van der Waals surface area contributed by atoms with E-state index >= 15 is 0 Å². The summed E-state index contributed by atoms with van der Waals surface area (Å²) < 4.78 is 0. The number of hydrogen-bond donors (Lipinski definition) is 1. The summed E-state index contributed by atoms with van der Waals surface area (Å²) in [7, 11) is 0. The van der Waals surface area contributed by atoms with Crippen LogP contribution in [0.1, 0.15) is 37.6 Å². The Morgan fingerprint density at radius 3 is 2.81 bits per heavy atom. The molecule has 1 aromatic rings. The second kappa shape index (κ2) is 5.85. The molecule has 1 aromatic heterocycles. The van der Waals surface area contributed by atoms with Crippen molar-refractivity contribution in [2.45, 2.75) is 33.2 Å². The molecule has 0 spiro atoms. The van der Waals surface area contributed by atoms with Crippen LogP contribution >= 0.6 is 11.6 Å². The van der Waals surface area contributed by atoms with E-state index in [2.05, 4.69) is 24.1 Å². The molecule has 0 aliphatic carbocycles. The minimum Gasteiger partial charge on any atom is -0.349 e. The Balaban J connectivity index is 2.66. The molecular weight excluding hydrogens is 224 g/mol. The first-order chi connectivity index (χ1) is 7.54. The van der Waals surface area contributed by atoms with Crippen molar-refractivity contribution in [1.29, 1.82) is 0 Å². The van der Waals surface area contributed by atoms with Crippen LogP contribution in [-0.2, 0) is 0 Å².